The Morgan fingerprint density at radius 2 is 2.15 bits per heavy atom. The molecule has 0 spiro atoms. The molecule has 1 aliphatic rings. The summed E-state index contributed by atoms with van der Waals surface area (Å²) in [6, 6.07) is 0.836. The van der Waals surface area contributed by atoms with Crippen molar-refractivity contribution in [1.29, 1.82) is 0 Å². The Morgan fingerprint density at radius 3 is 2.62 bits per heavy atom. The van der Waals surface area contributed by atoms with E-state index in [0.29, 0.717) is 0 Å². The number of rotatable bonds is 4. The second kappa shape index (κ2) is 4.43. The van der Waals surface area contributed by atoms with Gasteiger partial charge in [-0.1, -0.05) is 6.42 Å². The van der Waals surface area contributed by atoms with E-state index in [2.05, 4.69) is 25.8 Å². The molecule has 0 radical (unpaired) electrons. The SMILES string of the molecule is CN1CCCC1CCCC(C)(C)N. The van der Waals surface area contributed by atoms with Crippen molar-refractivity contribution in [2.45, 2.75) is 57.5 Å². The van der Waals surface area contributed by atoms with Crippen LogP contribution in [0.1, 0.15) is 46.0 Å². The Kier molecular flexibility index (Phi) is 3.74. The first-order chi connectivity index (χ1) is 5.99. The maximum atomic E-state index is 5.94. The van der Waals surface area contributed by atoms with Crippen LogP contribution in [0.3, 0.4) is 0 Å². The number of hydrogen-bond donors (Lipinski definition) is 1. The second-order valence-corrected chi connectivity index (χ2v) is 5.16. The molecule has 2 N–H and O–H groups in total. The first-order valence-electron chi connectivity index (χ1n) is 5.48. The molecule has 0 saturated carbocycles. The molecule has 0 aromatic heterocycles. The monoisotopic (exact) mass is 184 g/mol. The lowest BCUT2D eigenvalue weighted by molar-refractivity contribution is 0.282. The van der Waals surface area contributed by atoms with Crippen molar-refractivity contribution in [2.75, 3.05) is 13.6 Å². The van der Waals surface area contributed by atoms with E-state index in [1.165, 1.54) is 32.2 Å². The van der Waals surface area contributed by atoms with Gasteiger partial charge in [-0.3, -0.25) is 0 Å². The highest BCUT2D eigenvalue weighted by Crippen LogP contribution is 2.21. The zero-order valence-electron chi connectivity index (χ0n) is 9.34. The Balaban J connectivity index is 2.12. The number of nitrogens with two attached hydrogens (primary N) is 1. The summed E-state index contributed by atoms with van der Waals surface area (Å²) in [5.74, 6) is 0. The Bertz CT molecular complexity index is 149. The molecule has 1 unspecified atom stereocenters. The first kappa shape index (κ1) is 11.0. The molecule has 2 heteroatoms. The van der Waals surface area contributed by atoms with Gasteiger partial charge in [0.1, 0.15) is 0 Å². The van der Waals surface area contributed by atoms with Gasteiger partial charge >= 0.3 is 0 Å². The van der Waals surface area contributed by atoms with E-state index in [4.69, 9.17) is 5.73 Å². The lowest BCUT2D eigenvalue weighted by Gasteiger charge is -2.22. The number of nitrogens with zero attached hydrogens (tertiary/aromatic N) is 1. The highest BCUT2D eigenvalue weighted by molar-refractivity contribution is 4.78. The molecule has 1 saturated heterocycles. The average molecular weight is 184 g/mol. The molecule has 0 aromatic rings. The highest BCUT2D eigenvalue weighted by Gasteiger charge is 2.21. The largest absolute Gasteiger partial charge is 0.326 e. The lowest BCUT2D eigenvalue weighted by atomic mass is 9.96. The quantitative estimate of drug-likeness (QED) is 0.724. The molecule has 2 nitrogen and oxygen atoms in total. The van der Waals surface area contributed by atoms with Crippen molar-refractivity contribution in [3.63, 3.8) is 0 Å². The smallest absolute Gasteiger partial charge is 0.00970 e. The second-order valence-electron chi connectivity index (χ2n) is 5.16. The van der Waals surface area contributed by atoms with E-state index < -0.39 is 0 Å². The average Bonchev–Trinajstić information content (AvgIpc) is 2.34. The van der Waals surface area contributed by atoms with Gasteiger partial charge in [-0.15, -0.1) is 0 Å². The van der Waals surface area contributed by atoms with Gasteiger partial charge in [-0.25, -0.2) is 0 Å². The van der Waals surface area contributed by atoms with Gasteiger partial charge < -0.3 is 10.6 Å². The van der Waals surface area contributed by atoms with Crippen molar-refractivity contribution in [3.05, 3.63) is 0 Å². The van der Waals surface area contributed by atoms with Gasteiger partial charge in [-0.2, -0.15) is 0 Å². The third-order valence-electron chi connectivity index (χ3n) is 3.03. The van der Waals surface area contributed by atoms with Crippen LogP contribution in [0, 0.1) is 0 Å². The molecular weight excluding hydrogens is 160 g/mol. The van der Waals surface area contributed by atoms with E-state index in [1.807, 2.05) is 0 Å². The highest BCUT2D eigenvalue weighted by atomic mass is 15.1. The van der Waals surface area contributed by atoms with Crippen LogP contribution < -0.4 is 5.73 Å². The van der Waals surface area contributed by atoms with E-state index in [0.717, 1.165) is 12.5 Å². The Labute approximate surface area is 82.5 Å². The topological polar surface area (TPSA) is 29.3 Å². The molecule has 0 amide bonds. The molecule has 13 heavy (non-hydrogen) atoms. The van der Waals surface area contributed by atoms with Crippen LogP contribution in [-0.4, -0.2) is 30.1 Å². The summed E-state index contributed by atoms with van der Waals surface area (Å²) in [4.78, 5) is 2.49. The van der Waals surface area contributed by atoms with Crippen molar-refractivity contribution >= 4 is 0 Å². The van der Waals surface area contributed by atoms with Crippen molar-refractivity contribution in [3.8, 4) is 0 Å². The van der Waals surface area contributed by atoms with Gasteiger partial charge in [0.05, 0.1) is 0 Å². The van der Waals surface area contributed by atoms with E-state index >= 15 is 0 Å². The van der Waals surface area contributed by atoms with E-state index in [9.17, 15) is 0 Å². The fraction of sp³-hybridized carbons (Fsp3) is 1.00. The van der Waals surface area contributed by atoms with Crippen molar-refractivity contribution in [2.24, 2.45) is 5.73 Å². The molecule has 1 aliphatic heterocycles. The molecule has 78 valence electrons. The standard InChI is InChI=1S/C11H24N2/c1-11(2,12)8-4-6-10-7-5-9-13(10)3/h10H,4-9,12H2,1-3H3. The van der Waals surface area contributed by atoms with Crippen LogP contribution in [0.25, 0.3) is 0 Å². The lowest BCUT2D eigenvalue weighted by Crippen LogP contribution is -2.32. The van der Waals surface area contributed by atoms with Crippen molar-refractivity contribution in [1.82, 2.24) is 4.90 Å². The summed E-state index contributed by atoms with van der Waals surface area (Å²) in [5.41, 5.74) is 5.97. The minimum atomic E-state index is 0.0250. The molecule has 1 heterocycles. The fourth-order valence-corrected chi connectivity index (χ4v) is 2.14. The maximum absolute atomic E-state index is 5.94. The van der Waals surface area contributed by atoms with Crippen LogP contribution in [0.15, 0.2) is 0 Å². The molecule has 1 fully saturated rings. The van der Waals surface area contributed by atoms with E-state index in [1.54, 1.807) is 0 Å². The summed E-state index contributed by atoms with van der Waals surface area (Å²) in [6.07, 6.45) is 6.53. The molecule has 0 aromatic carbocycles. The third-order valence-corrected chi connectivity index (χ3v) is 3.03. The van der Waals surface area contributed by atoms with Gasteiger partial charge in [0.15, 0.2) is 0 Å². The fourth-order valence-electron chi connectivity index (χ4n) is 2.14. The zero-order chi connectivity index (χ0) is 9.90. The molecule has 1 atom stereocenters. The molecule has 1 rings (SSSR count). The van der Waals surface area contributed by atoms with Crippen LogP contribution in [0.4, 0.5) is 0 Å². The maximum Gasteiger partial charge on any atom is 0.00970 e. The predicted molar refractivity (Wildman–Crippen MR) is 57.8 cm³/mol. The van der Waals surface area contributed by atoms with Crippen LogP contribution >= 0.6 is 0 Å². The molecular formula is C11H24N2. The minimum absolute atomic E-state index is 0.0250. The number of likely N-dealkylation sites (tertiary alicyclic amines) is 1. The van der Waals surface area contributed by atoms with Crippen LogP contribution in [0.2, 0.25) is 0 Å². The first-order valence-corrected chi connectivity index (χ1v) is 5.48. The van der Waals surface area contributed by atoms with E-state index in [-0.39, 0.29) is 5.54 Å². The Hall–Kier alpha value is -0.0800. The van der Waals surface area contributed by atoms with Crippen molar-refractivity contribution < 1.29 is 0 Å². The van der Waals surface area contributed by atoms with Crippen LogP contribution in [-0.2, 0) is 0 Å². The molecule has 0 bridgehead atoms. The summed E-state index contributed by atoms with van der Waals surface area (Å²) < 4.78 is 0. The molecule has 0 aliphatic carbocycles. The summed E-state index contributed by atoms with van der Waals surface area (Å²) in [6.45, 7) is 5.52. The third kappa shape index (κ3) is 4.10. The summed E-state index contributed by atoms with van der Waals surface area (Å²) in [7, 11) is 2.24. The van der Waals surface area contributed by atoms with Gasteiger partial charge in [0.25, 0.3) is 0 Å². The van der Waals surface area contributed by atoms with Gasteiger partial charge in [-0.05, 0) is 53.1 Å². The summed E-state index contributed by atoms with van der Waals surface area (Å²) in [5, 5.41) is 0. The number of hydrogen-bond acceptors (Lipinski definition) is 2. The normalized spacial score (nSPS) is 25.4. The Morgan fingerprint density at radius 1 is 1.46 bits per heavy atom. The zero-order valence-corrected chi connectivity index (χ0v) is 9.34. The van der Waals surface area contributed by atoms with Gasteiger partial charge in [0, 0.05) is 11.6 Å². The van der Waals surface area contributed by atoms with Gasteiger partial charge in [0.2, 0.25) is 0 Å². The predicted octanol–water partition coefficient (Wildman–Crippen LogP) is 1.99. The minimum Gasteiger partial charge on any atom is -0.326 e. The summed E-state index contributed by atoms with van der Waals surface area (Å²) >= 11 is 0. The van der Waals surface area contributed by atoms with Crippen LogP contribution in [0.5, 0.6) is 0 Å².